The largest absolute Gasteiger partial charge is 0.496 e. The van der Waals surface area contributed by atoms with Crippen molar-refractivity contribution in [3.8, 4) is 16.9 Å². The van der Waals surface area contributed by atoms with Crippen molar-refractivity contribution in [2.24, 2.45) is 0 Å². The summed E-state index contributed by atoms with van der Waals surface area (Å²) in [4.78, 5) is 16.2. The second kappa shape index (κ2) is 8.12. The smallest absolute Gasteiger partial charge is 0.416 e. The summed E-state index contributed by atoms with van der Waals surface area (Å²) < 4.78 is 45.6. The fraction of sp³-hybridized carbons (Fsp3) is 0.300. The van der Waals surface area contributed by atoms with Crippen LogP contribution in [0.5, 0.6) is 5.75 Å². The molecule has 2 aromatic carbocycles. The molecule has 29 heavy (non-hydrogen) atoms. The zero-order chi connectivity index (χ0) is 21.2. The third kappa shape index (κ3) is 4.68. The van der Waals surface area contributed by atoms with E-state index in [2.05, 4.69) is 10.3 Å². The van der Waals surface area contributed by atoms with E-state index in [0.717, 1.165) is 12.1 Å². The number of hydrogen-bond donors (Lipinski definition) is 2. The van der Waals surface area contributed by atoms with Crippen LogP contribution >= 0.6 is 0 Å². The van der Waals surface area contributed by atoms with Crippen molar-refractivity contribution in [1.82, 2.24) is 14.9 Å². The van der Waals surface area contributed by atoms with Gasteiger partial charge in [-0.1, -0.05) is 12.1 Å². The molecular weight excluding hydrogens is 387 g/mol. The van der Waals surface area contributed by atoms with Gasteiger partial charge >= 0.3 is 6.18 Å². The Morgan fingerprint density at radius 1 is 1.28 bits per heavy atom. The molecule has 2 N–H and O–H groups in total. The molecule has 1 heterocycles. The third-order valence-electron chi connectivity index (χ3n) is 4.37. The van der Waals surface area contributed by atoms with Gasteiger partial charge in [0.15, 0.2) is 0 Å². The summed E-state index contributed by atoms with van der Waals surface area (Å²) in [6.07, 6.45) is -3.58. The number of nitrogens with zero attached hydrogens (tertiary/aromatic N) is 2. The summed E-state index contributed by atoms with van der Waals surface area (Å²) in [6.45, 7) is 1.76. The molecule has 3 rings (SSSR count). The average Bonchev–Trinajstić information content (AvgIpc) is 3.07. The number of halogens is 3. The van der Waals surface area contributed by atoms with Crippen LogP contribution in [0.25, 0.3) is 22.2 Å². The second-order valence-electron chi connectivity index (χ2n) is 6.64. The second-order valence-corrected chi connectivity index (χ2v) is 6.64. The highest BCUT2D eigenvalue weighted by molar-refractivity contribution is 5.85. The Bertz CT molecular complexity index is 1030. The Hall–Kier alpha value is -3.07. The highest BCUT2D eigenvalue weighted by atomic mass is 19.4. The minimum Gasteiger partial charge on any atom is -0.496 e. The zero-order valence-corrected chi connectivity index (χ0v) is 15.8. The van der Waals surface area contributed by atoms with Crippen LogP contribution in [0.3, 0.4) is 0 Å². The molecule has 1 atom stereocenters. The SMILES string of the molecule is COc1cc(C(F)(F)F)ccc1-c1ccc2c(c1)ncn2CC(=O)NC[C@H](C)O. The quantitative estimate of drug-likeness (QED) is 0.658. The number of benzene rings is 2. The highest BCUT2D eigenvalue weighted by Gasteiger charge is 2.31. The van der Waals surface area contributed by atoms with E-state index in [1.807, 2.05) is 0 Å². The van der Waals surface area contributed by atoms with E-state index < -0.39 is 17.8 Å². The van der Waals surface area contributed by atoms with Crippen LogP contribution in [0.1, 0.15) is 12.5 Å². The van der Waals surface area contributed by atoms with E-state index in [1.165, 1.54) is 19.5 Å². The van der Waals surface area contributed by atoms with Gasteiger partial charge in [-0.25, -0.2) is 4.98 Å². The third-order valence-corrected chi connectivity index (χ3v) is 4.37. The maximum absolute atomic E-state index is 12.9. The molecule has 0 aliphatic heterocycles. The van der Waals surface area contributed by atoms with Crippen LogP contribution in [0.4, 0.5) is 13.2 Å². The number of imidazole rings is 1. The first-order chi connectivity index (χ1) is 13.7. The van der Waals surface area contributed by atoms with Gasteiger partial charge in [0.05, 0.1) is 36.1 Å². The number of ether oxygens (including phenoxy) is 1. The number of carbonyl (C=O) groups is 1. The van der Waals surface area contributed by atoms with E-state index in [-0.39, 0.29) is 24.7 Å². The van der Waals surface area contributed by atoms with Crippen molar-refractivity contribution in [3.63, 3.8) is 0 Å². The van der Waals surface area contributed by atoms with Crippen molar-refractivity contribution in [2.75, 3.05) is 13.7 Å². The van der Waals surface area contributed by atoms with Gasteiger partial charge in [0.25, 0.3) is 0 Å². The summed E-state index contributed by atoms with van der Waals surface area (Å²) in [5.41, 5.74) is 1.66. The van der Waals surface area contributed by atoms with E-state index >= 15 is 0 Å². The molecule has 6 nitrogen and oxygen atoms in total. The molecule has 1 amide bonds. The maximum atomic E-state index is 12.9. The summed E-state index contributed by atoms with van der Waals surface area (Å²) in [5, 5.41) is 11.8. The molecule has 0 unspecified atom stereocenters. The van der Waals surface area contributed by atoms with Crippen molar-refractivity contribution in [1.29, 1.82) is 0 Å². The van der Waals surface area contributed by atoms with Crippen LogP contribution in [0, 0.1) is 0 Å². The Balaban J connectivity index is 1.89. The van der Waals surface area contributed by atoms with Crippen molar-refractivity contribution >= 4 is 16.9 Å². The topological polar surface area (TPSA) is 76.4 Å². The van der Waals surface area contributed by atoms with Crippen molar-refractivity contribution in [3.05, 3.63) is 48.3 Å². The van der Waals surface area contributed by atoms with Crippen LogP contribution in [-0.4, -0.2) is 40.3 Å². The molecule has 0 radical (unpaired) electrons. The fourth-order valence-electron chi connectivity index (χ4n) is 2.94. The molecule has 9 heteroatoms. The number of nitrogens with one attached hydrogen (secondary N) is 1. The van der Waals surface area contributed by atoms with E-state index in [4.69, 9.17) is 4.74 Å². The van der Waals surface area contributed by atoms with Gasteiger partial charge in [0.2, 0.25) is 5.91 Å². The molecule has 0 fully saturated rings. The molecule has 154 valence electrons. The molecule has 0 saturated carbocycles. The highest BCUT2D eigenvalue weighted by Crippen LogP contribution is 2.37. The number of methoxy groups -OCH3 is 1. The molecule has 0 aliphatic carbocycles. The molecule has 0 bridgehead atoms. The molecule has 0 aliphatic rings. The lowest BCUT2D eigenvalue weighted by Gasteiger charge is -2.13. The van der Waals surface area contributed by atoms with Crippen LogP contribution < -0.4 is 10.1 Å². The van der Waals surface area contributed by atoms with Gasteiger partial charge in [-0.15, -0.1) is 0 Å². The minimum atomic E-state index is -4.46. The zero-order valence-electron chi connectivity index (χ0n) is 15.8. The Morgan fingerprint density at radius 2 is 2.03 bits per heavy atom. The number of aliphatic hydroxyl groups excluding tert-OH is 1. The van der Waals surface area contributed by atoms with Gasteiger partial charge in [0.1, 0.15) is 12.3 Å². The van der Waals surface area contributed by atoms with E-state index in [9.17, 15) is 23.1 Å². The molecule has 0 saturated heterocycles. The van der Waals surface area contributed by atoms with Crippen LogP contribution in [-0.2, 0) is 17.5 Å². The van der Waals surface area contributed by atoms with Crippen LogP contribution in [0.2, 0.25) is 0 Å². The lowest BCUT2D eigenvalue weighted by atomic mass is 10.0. The number of aliphatic hydroxyl groups is 1. The Morgan fingerprint density at radius 3 is 2.69 bits per heavy atom. The minimum absolute atomic E-state index is 0.0339. The maximum Gasteiger partial charge on any atom is 0.416 e. The predicted octanol–water partition coefficient (Wildman–Crippen LogP) is 3.23. The fourth-order valence-corrected chi connectivity index (χ4v) is 2.94. The summed E-state index contributed by atoms with van der Waals surface area (Å²) in [5.74, 6) is -0.158. The lowest BCUT2D eigenvalue weighted by Crippen LogP contribution is -2.33. The van der Waals surface area contributed by atoms with Gasteiger partial charge in [-0.3, -0.25) is 4.79 Å². The first-order valence-electron chi connectivity index (χ1n) is 8.84. The number of amides is 1. The number of aromatic nitrogens is 2. The van der Waals surface area contributed by atoms with Crippen molar-refractivity contribution < 1.29 is 27.8 Å². The Kier molecular flexibility index (Phi) is 5.78. The number of fused-ring (bicyclic) bond motifs is 1. The predicted molar refractivity (Wildman–Crippen MR) is 101 cm³/mol. The Labute approximate surface area is 164 Å². The van der Waals surface area contributed by atoms with Gasteiger partial charge < -0.3 is 19.7 Å². The van der Waals surface area contributed by atoms with Crippen LogP contribution in [0.15, 0.2) is 42.7 Å². The van der Waals surface area contributed by atoms with Gasteiger partial charge in [-0.05, 0) is 36.8 Å². The number of hydrogen-bond acceptors (Lipinski definition) is 4. The van der Waals surface area contributed by atoms with Crippen molar-refractivity contribution in [2.45, 2.75) is 25.7 Å². The first kappa shape index (κ1) is 20.7. The van der Waals surface area contributed by atoms with E-state index in [1.54, 1.807) is 29.7 Å². The molecule has 0 spiro atoms. The first-order valence-corrected chi connectivity index (χ1v) is 8.84. The lowest BCUT2D eigenvalue weighted by molar-refractivity contribution is -0.137. The summed E-state index contributed by atoms with van der Waals surface area (Å²) in [7, 11) is 1.32. The molecule has 3 aromatic rings. The standard InChI is InChI=1S/C20H20F3N3O3/c1-12(27)9-24-19(28)10-26-11-25-16-7-13(3-6-17(16)26)15-5-4-14(20(21,22)23)8-18(15)29-2/h3-8,11-12,27H,9-10H2,1-2H3,(H,24,28)/t12-/m0/s1. The summed E-state index contributed by atoms with van der Waals surface area (Å²) in [6, 6.07) is 8.54. The van der Waals surface area contributed by atoms with E-state index in [0.29, 0.717) is 22.2 Å². The normalized spacial score (nSPS) is 12.8. The monoisotopic (exact) mass is 407 g/mol. The average molecular weight is 407 g/mol. The summed E-state index contributed by atoms with van der Waals surface area (Å²) >= 11 is 0. The van der Waals surface area contributed by atoms with Gasteiger partial charge in [0, 0.05) is 12.1 Å². The number of carbonyl (C=O) groups excluding carboxylic acids is 1. The number of alkyl halides is 3. The molecule has 1 aromatic heterocycles. The number of rotatable bonds is 6. The van der Waals surface area contributed by atoms with Gasteiger partial charge in [-0.2, -0.15) is 13.2 Å². The molecular formula is C20H20F3N3O3.